The highest BCUT2D eigenvalue weighted by Gasteiger charge is 2.08. The molecule has 0 aliphatic carbocycles. The maximum atomic E-state index is 11.9. The Balaban J connectivity index is 1.95. The summed E-state index contributed by atoms with van der Waals surface area (Å²) in [5, 5.41) is 2.98. The van der Waals surface area contributed by atoms with Crippen LogP contribution >= 0.6 is 0 Å². The number of para-hydroxylation sites is 1. The number of hydrogen-bond donors (Lipinski definition) is 1. The Morgan fingerprint density at radius 1 is 1.37 bits per heavy atom. The third kappa shape index (κ3) is 3.68. The molecule has 1 aromatic heterocycles. The Bertz CT molecular complexity index is 532. The Morgan fingerprint density at radius 2 is 2.16 bits per heavy atom. The van der Waals surface area contributed by atoms with Gasteiger partial charge in [-0.05, 0) is 17.5 Å². The molecular weight excluding hydrogens is 238 g/mol. The maximum Gasteiger partial charge on any atom is 0.226 e. The van der Waals surface area contributed by atoms with Gasteiger partial charge in [-0.1, -0.05) is 32.0 Å². The van der Waals surface area contributed by atoms with Gasteiger partial charge in [0.25, 0.3) is 0 Å². The summed E-state index contributed by atoms with van der Waals surface area (Å²) in [6.45, 7) is 4.89. The van der Waals surface area contributed by atoms with E-state index in [4.69, 9.17) is 0 Å². The number of carbonyl (C=O) groups excluding carboxylic acids is 1. The number of imidazole rings is 1. The van der Waals surface area contributed by atoms with Crippen molar-refractivity contribution in [1.29, 1.82) is 0 Å². The number of hydrogen-bond acceptors (Lipinski definition) is 2. The van der Waals surface area contributed by atoms with Crippen LogP contribution in [0, 0.1) is 0 Å². The molecule has 4 heteroatoms. The maximum absolute atomic E-state index is 11.9. The summed E-state index contributed by atoms with van der Waals surface area (Å²) in [5.41, 5.74) is 2.08. The third-order valence-electron chi connectivity index (χ3n) is 3.01. The second kappa shape index (κ2) is 6.18. The number of carbonyl (C=O) groups is 1. The molecule has 1 heterocycles. The van der Waals surface area contributed by atoms with Crippen LogP contribution in [0.4, 0.5) is 5.69 Å². The summed E-state index contributed by atoms with van der Waals surface area (Å²) in [6.07, 6.45) is 5.74. The van der Waals surface area contributed by atoms with Crippen molar-refractivity contribution < 1.29 is 4.79 Å². The van der Waals surface area contributed by atoms with Gasteiger partial charge in [-0.2, -0.15) is 0 Å². The smallest absolute Gasteiger partial charge is 0.226 e. The number of nitrogens with one attached hydrogen (secondary N) is 1. The highest BCUT2D eigenvalue weighted by atomic mass is 16.1. The number of amides is 1. The fourth-order valence-electron chi connectivity index (χ4n) is 1.98. The van der Waals surface area contributed by atoms with Crippen LogP contribution in [-0.2, 0) is 11.3 Å². The zero-order chi connectivity index (χ0) is 13.7. The van der Waals surface area contributed by atoms with E-state index in [1.54, 1.807) is 12.5 Å². The van der Waals surface area contributed by atoms with Crippen molar-refractivity contribution in [2.45, 2.75) is 32.7 Å². The zero-order valence-electron chi connectivity index (χ0n) is 11.3. The average Bonchev–Trinajstić information content (AvgIpc) is 2.90. The number of anilines is 1. The summed E-state index contributed by atoms with van der Waals surface area (Å²) < 4.78 is 1.90. The molecule has 1 N–H and O–H groups in total. The quantitative estimate of drug-likeness (QED) is 0.895. The molecule has 2 rings (SSSR count). The average molecular weight is 257 g/mol. The van der Waals surface area contributed by atoms with E-state index in [0.717, 1.165) is 5.69 Å². The molecule has 100 valence electrons. The van der Waals surface area contributed by atoms with Crippen LogP contribution < -0.4 is 5.32 Å². The van der Waals surface area contributed by atoms with E-state index in [9.17, 15) is 4.79 Å². The molecule has 0 unspecified atom stereocenters. The molecule has 2 aromatic rings. The highest BCUT2D eigenvalue weighted by Crippen LogP contribution is 2.23. The first-order valence-electron chi connectivity index (χ1n) is 6.51. The molecule has 19 heavy (non-hydrogen) atoms. The zero-order valence-corrected chi connectivity index (χ0v) is 11.3. The number of rotatable bonds is 5. The van der Waals surface area contributed by atoms with Gasteiger partial charge >= 0.3 is 0 Å². The standard InChI is InChI=1S/C15H19N3O/c1-12(2)13-5-3-4-6-14(13)17-15(19)7-9-18-10-8-16-11-18/h3-6,8,10-12H,7,9H2,1-2H3,(H,17,19). The van der Waals surface area contributed by atoms with Crippen molar-refractivity contribution in [3.63, 3.8) is 0 Å². The molecule has 0 saturated carbocycles. The van der Waals surface area contributed by atoms with E-state index in [1.807, 2.05) is 29.0 Å². The first kappa shape index (κ1) is 13.3. The van der Waals surface area contributed by atoms with E-state index in [2.05, 4.69) is 30.2 Å². The summed E-state index contributed by atoms with van der Waals surface area (Å²) in [7, 11) is 0. The minimum absolute atomic E-state index is 0.0294. The predicted octanol–water partition coefficient (Wildman–Crippen LogP) is 3.04. The fraction of sp³-hybridized carbons (Fsp3) is 0.333. The lowest BCUT2D eigenvalue weighted by Crippen LogP contribution is -2.15. The minimum Gasteiger partial charge on any atom is -0.337 e. The van der Waals surface area contributed by atoms with Crippen LogP contribution in [0.25, 0.3) is 0 Å². The lowest BCUT2D eigenvalue weighted by Gasteiger charge is -2.13. The van der Waals surface area contributed by atoms with Gasteiger partial charge in [0, 0.05) is 31.0 Å². The molecule has 4 nitrogen and oxygen atoms in total. The molecule has 0 aliphatic rings. The van der Waals surface area contributed by atoms with Gasteiger partial charge < -0.3 is 9.88 Å². The molecule has 0 fully saturated rings. The summed E-state index contributed by atoms with van der Waals surface area (Å²) in [5.74, 6) is 0.423. The molecule has 0 radical (unpaired) electrons. The van der Waals surface area contributed by atoms with E-state index < -0.39 is 0 Å². The van der Waals surface area contributed by atoms with Gasteiger partial charge in [-0.15, -0.1) is 0 Å². The molecule has 0 atom stereocenters. The predicted molar refractivity (Wildman–Crippen MR) is 76.0 cm³/mol. The number of nitrogens with zero attached hydrogens (tertiary/aromatic N) is 2. The molecule has 0 spiro atoms. The Kier molecular flexibility index (Phi) is 4.34. The number of aryl methyl sites for hydroxylation is 1. The minimum atomic E-state index is 0.0294. The third-order valence-corrected chi connectivity index (χ3v) is 3.01. The van der Waals surface area contributed by atoms with Crippen LogP contribution in [-0.4, -0.2) is 15.5 Å². The van der Waals surface area contributed by atoms with Gasteiger partial charge in [0.1, 0.15) is 0 Å². The van der Waals surface area contributed by atoms with Crippen LogP contribution in [0.5, 0.6) is 0 Å². The first-order valence-corrected chi connectivity index (χ1v) is 6.51. The molecular formula is C15H19N3O. The van der Waals surface area contributed by atoms with Gasteiger partial charge in [0.15, 0.2) is 0 Å². The van der Waals surface area contributed by atoms with E-state index >= 15 is 0 Å². The normalized spacial score (nSPS) is 10.7. The highest BCUT2D eigenvalue weighted by molar-refractivity contribution is 5.91. The second-order valence-electron chi connectivity index (χ2n) is 4.84. The van der Waals surface area contributed by atoms with E-state index in [-0.39, 0.29) is 5.91 Å². The van der Waals surface area contributed by atoms with Crippen molar-refractivity contribution >= 4 is 11.6 Å². The van der Waals surface area contributed by atoms with Gasteiger partial charge in [-0.3, -0.25) is 4.79 Å². The van der Waals surface area contributed by atoms with Crippen molar-refractivity contribution in [2.24, 2.45) is 0 Å². The number of aromatic nitrogens is 2. The monoisotopic (exact) mass is 257 g/mol. The summed E-state index contributed by atoms with van der Waals surface area (Å²) in [6, 6.07) is 7.94. The molecule has 0 aliphatic heterocycles. The molecule has 0 bridgehead atoms. The van der Waals surface area contributed by atoms with Crippen molar-refractivity contribution in [2.75, 3.05) is 5.32 Å². The summed E-state index contributed by atoms with van der Waals surface area (Å²) >= 11 is 0. The Morgan fingerprint density at radius 3 is 2.84 bits per heavy atom. The van der Waals surface area contributed by atoms with Crippen LogP contribution in [0.3, 0.4) is 0 Å². The topological polar surface area (TPSA) is 46.9 Å². The van der Waals surface area contributed by atoms with Crippen molar-refractivity contribution in [3.8, 4) is 0 Å². The lowest BCUT2D eigenvalue weighted by molar-refractivity contribution is -0.116. The van der Waals surface area contributed by atoms with E-state index in [0.29, 0.717) is 18.9 Å². The number of benzene rings is 1. The van der Waals surface area contributed by atoms with Crippen molar-refractivity contribution in [1.82, 2.24) is 9.55 Å². The largest absolute Gasteiger partial charge is 0.337 e. The lowest BCUT2D eigenvalue weighted by atomic mass is 10.0. The van der Waals surface area contributed by atoms with Crippen LogP contribution in [0.15, 0.2) is 43.0 Å². The molecule has 1 aromatic carbocycles. The van der Waals surface area contributed by atoms with Gasteiger partial charge in [0.2, 0.25) is 5.91 Å². The molecule has 1 amide bonds. The van der Waals surface area contributed by atoms with Gasteiger partial charge in [0.05, 0.1) is 6.33 Å². The van der Waals surface area contributed by atoms with E-state index in [1.165, 1.54) is 5.56 Å². The van der Waals surface area contributed by atoms with Gasteiger partial charge in [-0.25, -0.2) is 4.98 Å². The van der Waals surface area contributed by atoms with Crippen molar-refractivity contribution in [3.05, 3.63) is 48.5 Å². The second-order valence-corrected chi connectivity index (χ2v) is 4.84. The SMILES string of the molecule is CC(C)c1ccccc1NC(=O)CCn1ccnc1. The Hall–Kier alpha value is -2.10. The van der Waals surface area contributed by atoms with Crippen LogP contribution in [0.2, 0.25) is 0 Å². The Labute approximate surface area is 113 Å². The van der Waals surface area contributed by atoms with Crippen LogP contribution in [0.1, 0.15) is 31.7 Å². The summed E-state index contributed by atoms with van der Waals surface area (Å²) in [4.78, 5) is 15.9. The fourth-order valence-corrected chi connectivity index (χ4v) is 1.98. The first-order chi connectivity index (χ1) is 9.16. The molecule has 0 saturated heterocycles.